The summed E-state index contributed by atoms with van der Waals surface area (Å²) in [6.07, 6.45) is 7.30. The molecule has 0 radical (unpaired) electrons. The summed E-state index contributed by atoms with van der Waals surface area (Å²) >= 11 is 0. The molecule has 24 heavy (non-hydrogen) atoms. The number of piperidine rings is 1. The number of hydrogen-bond acceptors (Lipinski definition) is 4. The van der Waals surface area contributed by atoms with Gasteiger partial charge in [-0.3, -0.25) is 0 Å². The van der Waals surface area contributed by atoms with Crippen LogP contribution in [0.4, 0.5) is 0 Å². The van der Waals surface area contributed by atoms with Crippen molar-refractivity contribution in [3.05, 3.63) is 23.5 Å². The van der Waals surface area contributed by atoms with Crippen molar-refractivity contribution in [2.24, 2.45) is 5.92 Å². The molecule has 0 aliphatic carbocycles. The topological polar surface area (TPSA) is 41.9 Å². The number of allylic oxidation sites excluding steroid dienone is 2. The van der Waals surface area contributed by atoms with Crippen molar-refractivity contribution in [1.82, 2.24) is 5.06 Å². The molecule has 0 amide bonds. The highest BCUT2D eigenvalue weighted by molar-refractivity contribution is 5.26. The van der Waals surface area contributed by atoms with E-state index in [1.807, 2.05) is 13.0 Å². The maximum atomic E-state index is 11.0. The molecule has 2 aliphatic heterocycles. The van der Waals surface area contributed by atoms with E-state index in [-0.39, 0.29) is 17.0 Å². The molecule has 1 fully saturated rings. The zero-order valence-electron chi connectivity index (χ0n) is 16.5. The number of nitrogens with zero attached hydrogens (tertiary/aromatic N) is 1. The van der Waals surface area contributed by atoms with Gasteiger partial charge in [0.25, 0.3) is 0 Å². The zero-order chi connectivity index (χ0) is 18.2. The van der Waals surface area contributed by atoms with Crippen LogP contribution in [0.1, 0.15) is 74.1 Å². The molecule has 138 valence electrons. The predicted molar refractivity (Wildman–Crippen MR) is 96.7 cm³/mol. The molecule has 4 unspecified atom stereocenters. The summed E-state index contributed by atoms with van der Waals surface area (Å²) in [6.45, 7) is 15.3. The number of hydrogen-bond donors (Lipinski definition) is 1. The summed E-state index contributed by atoms with van der Waals surface area (Å²) in [4.78, 5) is 0. The van der Waals surface area contributed by atoms with Crippen molar-refractivity contribution in [3.8, 4) is 0 Å². The van der Waals surface area contributed by atoms with Crippen molar-refractivity contribution in [2.75, 3.05) is 6.61 Å². The van der Waals surface area contributed by atoms with Gasteiger partial charge in [0.05, 0.1) is 12.1 Å². The molecule has 4 heteroatoms. The third-order valence-corrected chi connectivity index (χ3v) is 6.51. The first-order chi connectivity index (χ1) is 11.2. The number of ether oxygens (including phenoxy) is 2. The maximum absolute atomic E-state index is 11.0. The van der Waals surface area contributed by atoms with Crippen LogP contribution in [-0.2, 0) is 9.47 Å². The molecule has 4 atom stereocenters. The smallest absolute Gasteiger partial charge is 0.216 e. The van der Waals surface area contributed by atoms with Gasteiger partial charge in [-0.1, -0.05) is 39.8 Å². The van der Waals surface area contributed by atoms with E-state index in [0.29, 0.717) is 13.0 Å². The summed E-state index contributed by atoms with van der Waals surface area (Å²) in [6, 6.07) is 0. The minimum absolute atomic E-state index is 0.0494. The van der Waals surface area contributed by atoms with Crippen molar-refractivity contribution in [1.29, 1.82) is 0 Å². The first-order valence-electron chi connectivity index (χ1n) is 9.39. The van der Waals surface area contributed by atoms with Crippen LogP contribution in [0.5, 0.6) is 0 Å². The van der Waals surface area contributed by atoms with E-state index in [9.17, 15) is 5.21 Å². The van der Waals surface area contributed by atoms with Gasteiger partial charge in [-0.05, 0) is 33.6 Å². The largest absolute Gasteiger partial charge is 0.466 e. The molecule has 0 saturated carbocycles. The van der Waals surface area contributed by atoms with E-state index in [1.54, 1.807) is 5.06 Å². The van der Waals surface area contributed by atoms with Crippen LogP contribution in [0.2, 0.25) is 0 Å². The van der Waals surface area contributed by atoms with Gasteiger partial charge in [-0.2, -0.15) is 5.06 Å². The fraction of sp³-hybridized carbons (Fsp3) is 0.800. The molecular formula is C20H35NO3. The van der Waals surface area contributed by atoms with Gasteiger partial charge < -0.3 is 14.7 Å². The summed E-state index contributed by atoms with van der Waals surface area (Å²) < 4.78 is 12.9. The van der Waals surface area contributed by atoms with Crippen LogP contribution in [0.25, 0.3) is 0 Å². The minimum Gasteiger partial charge on any atom is -0.466 e. The molecule has 2 heterocycles. The van der Waals surface area contributed by atoms with Gasteiger partial charge in [0.1, 0.15) is 5.76 Å². The maximum Gasteiger partial charge on any atom is 0.216 e. The van der Waals surface area contributed by atoms with Crippen molar-refractivity contribution < 1.29 is 14.7 Å². The Kier molecular flexibility index (Phi) is 5.53. The van der Waals surface area contributed by atoms with E-state index in [1.165, 1.54) is 0 Å². The molecule has 1 spiro atoms. The van der Waals surface area contributed by atoms with Gasteiger partial charge in [0.2, 0.25) is 5.79 Å². The Balaban J connectivity index is 2.49. The summed E-state index contributed by atoms with van der Waals surface area (Å²) in [5.41, 5.74) is 0.370. The third-order valence-electron chi connectivity index (χ3n) is 6.51. The van der Waals surface area contributed by atoms with Gasteiger partial charge in [0.15, 0.2) is 0 Å². The molecule has 2 aliphatic rings. The second-order valence-electron chi connectivity index (χ2n) is 7.78. The highest BCUT2D eigenvalue weighted by atomic mass is 16.7. The SMILES string of the molecule is C/C=C\C1=C(CC)OC2(CC(C)(CC)N(O)C(C)(CC)C2C)OC1. The van der Waals surface area contributed by atoms with Crippen LogP contribution in [0.15, 0.2) is 23.5 Å². The molecule has 4 nitrogen and oxygen atoms in total. The van der Waals surface area contributed by atoms with Crippen LogP contribution in [0, 0.1) is 5.92 Å². The van der Waals surface area contributed by atoms with Crippen LogP contribution < -0.4 is 0 Å². The lowest BCUT2D eigenvalue weighted by molar-refractivity contribution is -0.370. The number of rotatable bonds is 4. The Morgan fingerprint density at radius 1 is 1.25 bits per heavy atom. The Morgan fingerprint density at radius 3 is 2.42 bits per heavy atom. The zero-order valence-corrected chi connectivity index (χ0v) is 16.5. The standard InChI is InChI=1S/C20H35NO3/c1-8-12-16-13-23-20(24-17(16)9-2)14-18(6,10-3)21(22)19(7,11-4)15(20)5/h8,12,15,22H,9-11,13-14H2,1-7H3/b12-8-. The summed E-state index contributed by atoms with van der Waals surface area (Å²) in [5, 5.41) is 12.6. The van der Waals surface area contributed by atoms with Crippen molar-refractivity contribution >= 4 is 0 Å². The summed E-state index contributed by atoms with van der Waals surface area (Å²) in [5.74, 6) is 0.397. The Labute approximate surface area is 147 Å². The van der Waals surface area contributed by atoms with Crippen LogP contribution in [-0.4, -0.2) is 33.7 Å². The van der Waals surface area contributed by atoms with Crippen LogP contribution in [0.3, 0.4) is 0 Å². The lowest BCUT2D eigenvalue weighted by Gasteiger charge is -2.62. The Bertz CT molecular complexity index is 529. The Morgan fingerprint density at radius 2 is 1.92 bits per heavy atom. The first-order valence-corrected chi connectivity index (χ1v) is 9.39. The van der Waals surface area contributed by atoms with E-state index in [2.05, 4.69) is 47.6 Å². The van der Waals surface area contributed by atoms with Crippen molar-refractivity contribution in [2.45, 2.75) is 91.0 Å². The third kappa shape index (κ3) is 2.83. The normalized spacial score (nSPS) is 41.2. The fourth-order valence-electron chi connectivity index (χ4n) is 4.29. The lowest BCUT2D eigenvalue weighted by Crippen LogP contribution is -2.72. The van der Waals surface area contributed by atoms with Gasteiger partial charge in [0, 0.05) is 29.9 Å². The highest BCUT2D eigenvalue weighted by Gasteiger charge is 2.62. The second-order valence-corrected chi connectivity index (χ2v) is 7.78. The molecule has 2 rings (SSSR count). The number of hydroxylamine groups is 2. The van der Waals surface area contributed by atoms with Crippen molar-refractivity contribution in [3.63, 3.8) is 0 Å². The molecule has 0 aromatic rings. The van der Waals surface area contributed by atoms with E-state index in [0.717, 1.165) is 30.6 Å². The summed E-state index contributed by atoms with van der Waals surface area (Å²) in [7, 11) is 0. The predicted octanol–water partition coefficient (Wildman–Crippen LogP) is 5.04. The molecule has 0 bridgehead atoms. The molecular weight excluding hydrogens is 302 g/mol. The van der Waals surface area contributed by atoms with E-state index >= 15 is 0 Å². The average molecular weight is 338 g/mol. The molecule has 1 saturated heterocycles. The highest BCUT2D eigenvalue weighted by Crippen LogP contribution is 2.53. The molecule has 0 aromatic heterocycles. The van der Waals surface area contributed by atoms with E-state index < -0.39 is 5.79 Å². The minimum atomic E-state index is -0.675. The average Bonchev–Trinajstić information content (AvgIpc) is 2.60. The second kappa shape index (κ2) is 6.81. The first kappa shape index (κ1) is 19.5. The quantitative estimate of drug-likeness (QED) is 0.780. The van der Waals surface area contributed by atoms with Gasteiger partial charge >= 0.3 is 0 Å². The fourth-order valence-corrected chi connectivity index (χ4v) is 4.29. The molecule has 0 aromatic carbocycles. The van der Waals surface area contributed by atoms with E-state index in [4.69, 9.17) is 9.47 Å². The molecule has 1 N–H and O–H groups in total. The lowest BCUT2D eigenvalue weighted by atomic mass is 9.67. The van der Waals surface area contributed by atoms with Crippen LogP contribution >= 0.6 is 0 Å². The Hall–Kier alpha value is -0.840. The van der Waals surface area contributed by atoms with Gasteiger partial charge in [-0.25, -0.2) is 0 Å². The van der Waals surface area contributed by atoms with Gasteiger partial charge in [-0.15, -0.1) is 0 Å². The monoisotopic (exact) mass is 337 g/mol.